The predicted octanol–water partition coefficient (Wildman–Crippen LogP) is 3.23. The fourth-order valence-electron chi connectivity index (χ4n) is 1.08. The summed E-state index contributed by atoms with van der Waals surface area (Å²) in [4.78, 5) is 10.4. The van der Waals surface area contributed by atoms with Gasteiger partial charge in [-0.2, -0.15) is 0 Å². The number of carbonyl (C=O) groups is 1. The third kappa shape index (κ3) is 6.38. The van der Waals surface area contributed by atoms with E-state index in [9.17, 15) is 4.79 Å². The number of unbranched alkanes of at least 4 members (excludes halogenated alkanes) is 1. The Bertz CT molecular complexity index is 183. The number of carboxylic acids is 1. The second-order valence-electron chi connectivity index (χ2n) is 3.64. The summed E-state index contributed by atoms with van der Waals surface area (Å²) in [6.07, 6.45) is 6.20. The molecule has 0 aromatic heterocycles. The number of aliphatic carboxylic acids is 1. The van der Waals surface area contributed by atoms with Gasteiger partial charge < -0.3 is 5.11 Å². The molecule has 0 rings (SSSR count). The normalized spacial score (nSPS) is 14.2. The van der Waals surface area contributed by atoms with Crippen molar-refractivity contribution in [2.75, 3.05) is 0 Å². The molecule has 2 nitrogen and oxygen atoms in total. The van der Waals surface area contributed by atoms with Gasteiger partial charge in [-0.05, 0) is 25.7 Å². The number of allylic oxidation sites excluding steroid dienone is 1. The summed E-state index contributed by atoms with van der Waals surface area (Å²) >= 11 is 0. The van der Waals surface area contributed by atoms with Crippen LogP contribution in [0.25, 0.3) is 0 Å². The van der Waals surface area contributed by atoms with Gasteiger partial charge in [0.05, 0.1) is 0 Å². The molecule has 2 heteroatoms. The molecule has 0 aliphatic carbocycles. The Hall–Kier alpha value is -0.790. The van der Waals surface area contributed by atoms with E-state index in [2.05, 4.69) is 13.8 Å². The maximum absolute atomic E-state index is 10.4. The first-order chi connectivity index (χ1) is 6.07. The molecule has 76 valence electrons. The highest BCUT2D eigenvalue weighted by Gasteiger charge is 1.99. The molecule has 0 bridgehead atoms. The molecule has 1 unspecified atom stereocenters. The van der Waals surface area contributed by atoms with Crippen LogP contribution in [-0.2, 0) is 4.79 Å². The minimum absolute atomic E-state index is 0.462. The molecule has 0 aromatic carbocycles. The van der Waals surface area contributed by atoms with Crippen molar-refractivity contribution in [2.45, 2.75) is 46.5 Å². The summed E-state index contributed by atoms with van der Waals surface area (Å²) in [5.74, 6) is -0.0397. The first-order valence-electron chi connectivity index (χ1n) is 4.98. The number of hydrogen-bond acceptors (Lipinski definition) is 1. The average Bonchev–Trinajstić information content (AvgIpc) is 2.11. The second kappa shape index (κ2) is 6.70. The van der Waals surface area contributed by atoms with Gasteiger partial charge in [-0.25, -0.2) is 4.79 Å². The van der Waals surface area contributed by atoms with E-state index >= 15 is 0 Å². The summed E-state index contributed by atoms with van der Waals surface area (Å²) in [5, 5.41) is 8.57. The van der Waals surface area contributed by atoms with Crippen molar-refractivity contribution in [3.63, 3.8) is 0 Å². The average molecular weight is 184 g/mol. The Kier molecular flexibility index (Phi) is 6.29. The van der Waals surface area contributed by atoms with E-state index in [4.69, 9.17) is 5.11 Å². The van der Waals surface area contributed by atoms with E-state index in [1.165, 1.54) is 12.8 Å². The monoisotopic (exact) mass is 184 g/mol. The number of hydrogen-bond donors (Lipinski definition) is 1. The van der Waals surface area contributed by atoms with Gasteiger partial charge in [0.15, 0.2) is 0 Å². The quantitative estimate of drug-likeness (QED) is 0.508. The van der Waals surface area contributed by atoms with Crippen LogP contribution >= 0.6 is 0 Å². The number of rotatable bonds is 6. The summed E-state index contributed by atoms with van der Waals surface area (Å²) in [5.41, 5.74) is 0.462. The summed E-state index contributed by atoms with van der Waals surface area (Å²) in [6, 6.07) is 0. The van der Waals surface area contributed by atoms with Crippen molar-refractivity contribution < 1.29 is 9.90 Å². The lowest BCUT2D eigenvalue weighted by Gasteiger charge is -2.05. The first-order valence-corrected chi connectivity index (χ1v) is 4.98. The molecule has 0 saturated carbocycles. The summed E-state index contributed by atoms with van der Waals surface area (Å²) in [6.45, 7) is 6.06. The fraction of sp³-hybridized carbons (Fsp3) is 0.727. The highest BCUT2D eigenvalue weighted by atomic mass is 16.4. The lowest BCUT2D eigenvalue weighted by Crippen LogP contribution is -1.96. The summed E-state index contributed by atoms with van der Waals surface area (Å²) in [7, 11) is 0. The number of carboxylic acid groups (broad SMARTS) is 1. The maximum atomic E-state index is 10.4. The van der Waals surface area contributed by atoms with E-state index < -0.39 is 5.97 Å². The third-order valence-electron chi connectivity index (χ3n) is 2.39. The first kappa shape index (κ1) is 12.2. The van der Waals surface area contributed by atoms with Gasteiger partial charge in [-0.3, -0.25) is 0 Å². The van der Waals surface area contributed by atoms with E-state index in [0.29, 0.717) is 5.57 Å². The zero-order chi connectivity index (χ0) is 10.3. The molecule has 1 N–H and O–H groups in total. The van der Waals surface area contributed by atoms with Crippen LogP contribution in [0.3, 0.4) is 0 Å². The molecular formula is C11H20O2. The van der Waals surface area contributed by atoms with Crippen molar-refractivity contribution in [1.82, 2.24) is 0 Å². The highest BCUT2D eigenvalue weighted by Crippen LogP contribution is 2.11. The SMILES string of the molecule is CCC(C)CCCC=C(C)C(=O)O. The minimum atomic E-state index is -0.802. The molecule has 0 heterocycles. The Morgan fingerprint density at radius 3 is 2.62 bits per heavy atom. The fourth-order valence-corrected chi connectivity index (χ4v) is 1.08. The second-order valence-corrected chi connectivity index (χ2v) is 3.64. The van der Waals surface area contributed by atoms with Crippen molar-refractivity contribution in [2.24, 2.45) is 5.92 Å². The molecule has 0 amide bonds. The Labute approximate surface area is 80.7 Å². The standard InChI is InChI=1S/C11H20O2/c1-4-9(2)7-5-6-8-10(3)11(12)13/h8-9H,4-7H2,1-3H3,(H,12,13). The zero-order valence-corrected chi connectivity index (χ0v) is 8.84. The molecule has 0 aromatic rings. The van der Waals surface area contributed by atoms with Crippen LogP contribution in [0.4, 0.5) is 0 Å². The van der Waals surface area contributed by atoms with Crippen molar-refractivity contribution >= 4 is 5.97 Å². The van der Waals surface area contributed by atoms with Gasteiger partial charge >= 0.3 is 5.97 Å². The van der Waals surface area contributed by atoms with Crippen LogP contribution in [0.2, 0.25) is 0 Å². The highest BCUT2D eigenvalue weighted by molar-refractivity contribution is 5.85. The smallest absolute Gasteiger partial charge is 0.330 e. The van der Waals surface area contributed by atoms with Gasteiger partial charge in [0.1, 0.15) is 0 Å². The topological polar surface area (TPSA) is 37.3 Å². The van der Waals surface area contributed by atoms with Gasteiger partial charge in [0.25, 0.3) is 0 Å². The van der Waals surface area contributed by atoms with Crippen LogP contribution in [0.5, 0.6) is 0 Å². The Morgan fingerprint density at radius 1 is 1.54 bits per heavy atom. The van der Waals surface area contributed by atoms with Crippen LogP contribution in [0.15, 0.2) is 11.6 Å². The van der Waals surface area contributed by atoms with Gasteiger partial charge in [-0.1, -0.05) is 32.8 Å². The van der Waals surface area contributed by atoms with Crippen LogP contribution in [0.1, 0.15) is 46.5 Å². The molecular weight excluding hydrogens is 164 g/mol. The Morgan fingerprint density at radius 2 is 2.15 bits per heavy atom. The molecule has 0 aliphatic rings. The summed E-state index contributed by atoms with van der Waals surface area (Å²) < 4.78 is 0. The Balaban J connectivity index is 3.55. The van der Waals surface area contributed by atoms with Crippen molar-refractivity contribution in [1.29, 1.82) is 0 Å². The van der Waals surface area contributed by atoms with E-state index in [0.717, 1.165) is 18.8 Å². The van der Waals surface area contributed by atoms with Crippen LogP contribution < -0.4 is 0 Å². The van der Waals surface area contributed by atoms with Crippen molar-refractivity contribution in [3.8, 4) is 0 Å². The predicted molar refractivity (Wildman–Crippen MR) is 54.7 cm³/mol. The molecule has 13 heavy (non-hydrogen) atoms. The van der Waals surface area contributed by atoms with Crippen molar-refractivity contribution in [3.05, 3.63) is 11.6 Å². The molecule has 0 saturated heterocycles. The van der Waals surface area contributed by atoms with Gasteiger partial charge in [0.2, 0.25) is 0 Å². The van der Waals surface area contributed by atoms with Gasteiger partial charge in [0, 0.05) is 5.57 Å². The maximum Gasteiger partial charge on any atom is 0.330 e. The molecule has 1 atom stereocenters. The van der Waals surface area contributed by atoms with E-state index in [1.807, 2.05) is 6.08 Å². The molecule has 0 fully saturated rings. The van der Waals surface area contributed by atoms with E-state index in [-0.39, 0.29) is 0 Å². The zero-order valence-electron chi connectivity index (χ0n) is 8.84. The largest absolute Gasteiger partial charge is 0.478 e. The van der Waals surface area contributed by atoms with Crippen LogP contribution in [-0.4, -0.2) is 11.1 Å². The molecule has 0 radical (unpaired) electrons. The molecule has 0 aliphatic heterocycles. The van der Waals surface area contributed by atoms with Crippen LogP contribution in [0, 0.1) is 5.92 Å². The third-order valence-corrected chi connectivity index (χ3v) is 2.39. The van der Waals surface area contributed by atoms with Gasteiger partial charge in [-0.15, -0.1) is 0 Å². The van der Waals surface area contributed by atoms with E-state index in [1.54, 1.807) is 6.92 Å². The lowest BCUT2D eigenvalue weighted by atomic mass is 10.0. The lowest BCUT2D eigenvalue weighted by molar-refractivity contribution is -0.132. The molecule has 0 spiro atoms. The minimum Gasteiger partial charge on any atom is -0.478 e.